The first-order valence-corrected chi connectivity index (χ1v) is 8.51. The van der Waals surface area contributed by atoms with E-state index >= 15 is 0 Å². The van der Waals surface area contributed by atoms with E-state index in [-0.39, 0.29) is 11.7 Å². The van der Waals surface area contributed by atoms with Gasteiger partial charge in [0.15, 0.2) is 17.3 Å². The summed E-state index contributed by atoms with van der Waals surface area (Å²) in [6, 6.07) is 5.68. The predicted molar refractivity (Wildman–Crippen MR) is 94.0 cm³/mol. The molecular weight excluding hydrogens is 322 g/mol. The highest BCUT2D eigenvalue weighted by Crippen LogP contribution is 2.45. The minimum atomic E-state index is -0.273. The molecule has 0 aliphatic carbocycles. The number of ether oxygens (including phenoxy) is 2. The maximum atomic E-state index is 12.4. The summed E-state index contributed by atoms with van der Waals surface area (Å²) in [6.45, 7) is 2.62. The zero-order valence-corrected chi connectivity index (χ0v) is 13.8. The summed E-state index contributed by atoms with van der Waals surface area (Å²) in [5.74, 6) is 2.21. The van der Waals surface area contributed by atoms with Crippen LogP contribution in [0, 0.1) is 0 Å². The van der Waals surface area contributed by atoms with Gasteiger partial charge in [-0.3, -0.25) is 4.57 Å². The molecule has 1 aromatic carbocycles. The van der Waals surface area contributed by atoms with E-state index in [1.165, 1.54) is 0 Å². The number of piperidine rings is 1. The molecule has 0 saturated carbocycles. The van der Waals surface area contributed by atoms with Gasteiger partial charge in [-0.05, 0) is 38.1 Å². The van der Waals surface area contributed by atoms with Gasteiger partial charge in [0.25, 0.3) is 0 Å². The van der Waals surface area contributed by atoms with Crippen molar-refractivity contribution in [3.05, 3.63) is 34.9 Å². The lowest BCUT2D eigenvalue weighted by atomic mass is 10.1. The van der Waals surface area contributed by atoms with Crippen LogP contribution < -0.4 is 31.5 Å². The third-order valence-electron chi connectivity index (χ3n) is 4.45. The fraction of sp³-hybridized carbons (Fsp3) is 0.412. The molecule has 1 saturated heterocycles. The predicted octanol–water partition coefficient (Wildman–Crippen LogP) is 1.35. The van der Waals surface area contributed by atoms with E-state index in [1.807, 2.05) is 18.2 Å². The first-order chi connectivity index (χ1) is 12.3. The Balaban J connectivity index is 1.66. The van der Waals surface area contributed by atoms with Crippen LogP contribution in [-0.2, 0) is 0 Å². The fourth-order valence-corrected chi connectivity index (χ4v) is 3.21. The van der Waals surface area contributed by atoms with Gasteiger partial charge in [-0.2, -0.15) is 4.98 Å². The Hall–Kier alpha value is -2.58. The Morgan fingerprint density at radius 2 is 2.16 bits per heavy atom. The normalized spacial score (nSPS) is 16.4. The van der Waals surface area contributed by atoms with Crippen LogP contribution in [0.15, 0.2) is 29.2 Å². The number of hydrogen-bond donors (Lipinski definition) is 3. The van der Waals surface area contributed by atoms with Crippen molar-refractivity contribution in [3.8, 4) is 17.2 Å². The van der Waals surface area contributed by atoms with Crippen LogP contribution in [0.4, 0.5) is 11.5 Å². The zero-order chi connectivity index (χ0) is 17.2. The molecule has 132 valence electrons. The molecule has 0 bridgehead atoms. The lowest BCUT2D eigenvalue weighted by Crippen LogP contribution is -2.35. The van der Waals surface area contributed by atoms with Gasteiger partial charge < -0.3 is 25.8 Å². The number of fused-ring (bicyclic) bond motifs is 2. The number of nitrogens with two attached hydrogens (primary N) is 1. The fourth-order valence-electron chi connectivity index (χ4n) is 3.21. The summed E-state index contributed by atoms with van der Waals surface area (Å²) in [7, 11) is 0. The number of hydrogen-bond acceptors (Lipinski definition) is 7. The van der Waals surface area contributed by atoms with Crippen molar-refractivity contribution in [3.63, 3.8) is 0 Å². The number of aromatic nitrogens is 2. The zero-order valence-electron chi connectivity index (χ0n) is 13.8. The molecular formula is C17H21N5O3. The topological polar surface area (TPSA) is 103 Å². The van der Waals surface area contributed by atoms with E-state index in [0.29, 0.717) is 41.9 Å². The van der Waals surface area contributed by atoms with Crippen LogP contribution >= 0.6 is 0 Å². The highest BCUT2D eigenvalue weighted by Gasteiger charge is 2.25. The second-order valence-electron chi connectivity index (χ2n) is 6.12. The maximum absolute atomic E-state index is 12.4. The average molecular weight is 343 g/mol. The van der Waals surface area contributed by atoms with E-state index in [1.54, 1.807) is 10.8 Å². The molecule has 0 atom stereocenters. The smallest absolute Gasteiger partial charge is 0.350 e. The molecule has 0 radical (unpaired) electrons. The van der Waals surface area contributed by atoms with E-state index in [2.05, 4.69) is 15.6 Å². The molecule has 8 nitrogen and oxygen atoms in total. The molecule has 0 amide bonds. The highest BCUT2D eigenvalue weighted by atomic mass is 16.5. The maximum Gasteiger partial charge on any atom is 0.350 e. The van der Waals surface area contributed by atoms with Crippen molar-refractivity contribution in [2.24, 2.45) is 5.73 Å². The summed E-state index contributed by atoms with van der Waals surface area (Å²) in [6.07, 6.45) is 3.56. The second-order valence-corrected chi connectivity index (χ2v) is 6.12. The third-order valence-corrected chi connectivity index (χ3v) is 4.45. The van der Waals surface area contributed by atoms with Gasteiger partial charge in [0.05, 0.1) is 6.20 Å². The largest absolute Gasteiger partial charge is 0.490 e. The molecule has 4 rings (SSSR count). The summed E-state index contributed by atoms with van der Waals surface area (Å²) in [5.41, 5.74) is 5.89. The molecule has 2 aromatic rings. The van der Waals surface area contributed by atoms with Gasteiger partial charge in [-0.25, -0.2) is 4.79 Å². The van der Waals surface area contributed by atoms with Gasteiger partial charge in [-0.1, -0.05) is 6.07 Å². The first-order valence-electron chi connectivity index (χ1n) is 8.51. The SMILES string of the molecule is NCCOc1cccc2c1Nc1nc(=O)n(C3CCNCC3)cc1O2. The standard InChI is InChI=1S/C17H21N5O3/c18-6-9-24-12-2-1-3-13-15(12)20-16-14(25-13)10-22(17(23)21-16)11-4-7-19-8-5-11/h1-3,10-11,19H,4-9,18H2,(H,20,21,23). The van der Waals surface area contributed by atoms with Crippen molar-refractivity contribution in [2.75, 3.05) is 31.6 Å². The molecule has 25 heavy (non-hydrogen) atoms. The molecule has 1 aromatic heterocycles. The van der Waals surface area contributed by atoms with Crippen molar-refractivity contribution < 1.29 is 9.47 Å². The minimum absolute atomic E-state index is 0.149. The molecule has 3 heterocycles. The molecule has 2 aliphatic rings. The van der Waals surface area contributed by atoms with Crippen LogP contribution in [0.5, 0.6) is 17.2 Å². The highest BCUT2D eigenvalue weighted by molar-refractivity contribution is 5.77. The van der Waals surface area contributed by atoms with Crippen molar-refractivity contribution in [1.82, 2.24) is 14.9 Å². The molecule has 8 heteroatoms. The molecule has 0 unspecified atom stereocenters. The van der Waals surface area contributed by atoms with Crippen molar-refractivity contribution in [2.45, 2.75) is 18.9 Å². The Morgan fingerprint density at radius 1 is 1.32 bits per heavy atom. The van der Waals surface area contributed by atoms with Crippen LogP contribution in [0.1, 0.15) is 18.9 Å². The number of nitrogens with zero attached hydrogens (tertiary/aromatic N) is 2. The van der Waals surface area contributed by atoms with Crippen molar-refractivity contribution >= 4 is 11.5 Å². The van der Waals surface area contributed by atoms with Gasteiger partial charge in [0, 0.05) is 12.6 Å². The van der Waals surface area contributed by atoms with Crippen LogP contribution in [-0.4, -0.2) is 35.8 Å². The summed E-state index contributed by atoms with van der Waals surface area (Å²) >= 11 is 0. The van der Waals surface area contributed by atoms with E-state index in [4.69, 9.17) is 15.2 Å². The van der Waals surface area contributed by atoms with Crippen LogP contribution in [0.25, 0.3) is 0 Å². The molecule has 2 aliphatic heterocycles. The lowest BCUT2D eigenvalue weighted by Gasteiger charge is -2.27. The number of para-hydroxylation sites is 1. The number of anilines is 2. The second kappa shape index (κ2) is 6.73. The first kappa shape index (κ1) is 15.9. The van der Waals surface area contributed by atoms with Crippen LogP contribution in [0.3, 0.4) is 0 Å². The summed E-state index contributed by atoms with van der Waals surface area (Å²) in [4.78, 5) is 16.6. The van der Waals surface area contributed by atoms with E-state index in [9.17, 15) is 4.79 Å². The summed E-state index contributed by atoms with van der Waals surface area (Å²) in [5, 5.41) is 6.46. The van der Waals surface area contributed by atoms with Crippen molar-refractivity contribution in [1.29, 1.82) is 0 Å². The monoisotopic (exact) mass is 343 g/mol. The molecule has 4 N–H and O–H groups in total. The third kappa shape index (κ3) is 3.06. The van der Waals surface area contributed by atoms with E-state index in [0.717, 1.165) is 25.9 Å². The van der Waals surface area contributed by atoms with Gasteiger partial charge in [0.2, 0.25) is 0 Å². The lowest BCUT2D eigenvalue weighted by molar-refractivity contribution is 0.327. The Bertz CT molecular complexity index is 830. The van der Waals surface area contributed by atoms with Gasteiger partial charge in [-0.15, -0.1) is 0 Å². The van der Waals surface area contributed by atoms with Gasteiger partial charge >= 0.3 is 5.69 Å². The Morgan fingerprint density at radius 3 is 2.96 bits per heavy atom. The van der Waals surface area contributed by atoms with Crippen LogP contribution in [0.2, 0.25) is 0 Å². The molecule has 0 spiro atoms. The minimum Gasteiger partial charge on any atom is -0.490 e. The number of rotatable bonds is 4. The summed E-state index contributed by atoms with van der Waals surface area (Å²) < 4.78 is 13.3. The number of benzene rings is 1. The quantitative estimate of drug-likeness (QED) is 0.657. The number of nitrogens with one attached hydrogen (secondary N) is 2. The average Bonchev–Trinajstić information content (AvgIpc) is 2.65. The Labute approximate surface area is 145 Å². The van der Waals surface area contributed by atoms with Gasteiger partial charge in [0.1, 0.15) is 18.0 Å². The Kier molecular flexibility index (Phi) is 4.29. The van der Waals surface area contributed by atoms with E-state index < -0.39 is 0 Å². The molecule has 1 fully saturated rings.